The Bertz CT molecular complexity index is 1020. The number of hydrogen-bond donors (Lipinski definition) is 4. The normalized spacial score (nSPS) is 13.9. The van der Waals surface area contributed by atoms with Crippen LogP contribution >= 0.6 is 0 Å². The molecule has 0 aliphatic rings. The molecule has 0 heterocycles. The van der Waals surface area contributed by atoms with E-state index in [2.05, 4.69) is 10.6 Å². The van der Waals surface area contributed by atoms with Crippen molar-refractivity contribution in [3.8, 4) is 0 Å². The number of primary amides is 2. The molecule has 0 fully saturated rings. The molecule has 11 heteroatoms. The van der Waals surface area contributed by atoms with Gasteiger partial charge in [0.05, 0.1) is 6.04 Å². The molecule has 0 bridgehead atoms. The maximum absolute atomic E-state index is 13.1. The van der Waals surface area contributed by atoms with Crippen LogP contribution in [0, 0.1) is 23.6 Å². The molecule has 0 aromatic heterocycles. The number of carbonyl (C=O) groups excluding carboxylic acids is 6. The second-order valence-electron chi connectivity index (χ2n) is 9.29. The van der Waals surface area contributed by atoms with E-state index in [4.69, 9.17) is 8.52 Å². The van der Waals surface area contributed by atoms with Gasteiger partial charge in [-0.05, 0) is 56.3 Å². The van der Waals surface area contributed by atoms with E-state index in [0.717, 1.165) is 12.1 Å². The minimum Gasteiger partial charge on any atom is -0.369 e. The van der Waals surface area contributed by atoms with Crippen molar-refractivity contribution in [2.24, 2.45) is 29.2 Å². The Hall–Kier alpha value is -3.63. The van der Waals surface area contributed by atoms with E-state index in [1.807, 2.05) is 0 Å². The van der Waals surface area contributed by atoms with E-state index >= 15 is 0 Å². The van der Waals surface area contributed by atoms with Crippen molar-refractivity contribution in [2.45, 2.75) is 65.3 Å². The molecule has 0 aliphatic heterocycles. The lowest BCUT2D eigenvalue weighted by Gasteiger charge is -2.23. The zero-order valence-electron chi connectivity index (χ0n) is 23.2. The van der Waals surface area contributed by atoms with Gasteiger partial charge >= 0.3 is 6.03 Å². The number of rotatable bonds is 17. The molecule has 0 radical (unpaired) electrons. The topological polar surface area (TPSA) is 179 Å². The number of hydrogen-bond acceptors (Lipinski definition) is 6. The number of amides is 4. The third kappa shape index (κ3) is 11.8. The van der Waals surface area contributed by atoms with Crippen molar-refractivity contribution in [1.82, 2.24) is 10.6 Å². The summed E-state index contributed by atoms with van der Waals surface area (Å²) in [6.07, 6.45) is -0.136. The lowest BCUT2D eigenvalue weighted by atomic mass is 9.89. The van der Waals surface area contributed by atoms with Gasteiger partial charge in [0.15, 0.2) is 13.0 Å². The first kappa shape index (κ1) is 27.9. The minimum absolute atomic E-state index is 0.0216. The molecule has 37 heavy (non-hydrogen) atoms. The molecule has 1 aromatic rings. The summed E-state index contributed by atoms with van der Waals surface area (Å²) in [5.41, 5.74) is 7.00. The van der Waals surface area contributed by atoms with Crippen LogP contribution in [0.2, 0.25) is 1.41 Å². The smallest absolute Gasteiger partial charge is 0.312 e. The zero-order valence-corrected chi connectivity index (χ0v) is 21.2. The highest BCUT2D eigenvalue weighted by molar-refractivity contribution is 5.98. The SMILES string of the molecule is [2H]CC(=O)[C@H](CCC(=O)N[C@H](C(=O)C[C@@H](CCCNC(N)=O)C(=O)N[2H])C(C)C)CC(=O)c1ccc(F)cc1. The summed E-state index contributed by atoms with van der Waals surface area (Å²) in [5, 5.41) is 5.02. The van der Waals surface area contributed by atoms with Crippen molar-refractivity contribution in [1.29, 1.82) is 0 Å². The third-order valence-electron chi connectivity index (χ3n) is 5.95. The molecule has 0 unspecified atom stereocenters. The fourth-order valence-corrected chi connectivity index (χ4v) is 3.78. The van der Waals surface area contributed by atoms with Gasteiger partial charge in [-0.1, -0.05) is 13.8 Å². The quantitative estimate of drug-likeness (QED) is 0.179. The van der Waals surface area contributed by atoms with Crippen LogP contribution in [0.3, 0.4) is 0 Å². The van der Waals surface area contributed by atoms with Crippen LogP contribution in [0.4, 0.5) is 9.18 Å². The summed E-state index contributed by atoms with van der Waals surface area (Å²) < 4.78 is 27.7. The molecule has 0 aliphatic carbocycles. The van der Waals surface area contributed by atoms with Crippen molar-refractivity contribution in [3.05, 3.63) is 35.6 Å². The summed E-state index contributed by atoms with van der Waals surface area (Å²) in [4.78, 5) is 73.5. The first-order chi connectivity index (χ1) is 18.4. The molecule has 6 N–H and O–H groups in total. The fourth-order valence-electron chi connectivity index (χ4n) is 3.78. The molecular weight excluding hydrogens is 483 g/mol. The van der Waals surface area contributed by atoms with E-state index < -0.39 is 65.8 Å². The standard InChI is InChI=1S/C26H37FN4O6/c1-15(2)24(22(34)14-19(25(28)36)5-4-12-30-26(29)37)31-23(35)11-8-18(16(3)32)13-21(33)17-6-9-20(27)10-7-17/h6-7,9-10,15,18-19,24H,4-5,8,11-14H2,1-3H3,(H2,28,36)(H,31,35)(H3,29,30,37)/t18-,19-,24+/m1/s1/i3D/hD. The highest BCUT2D eigenvalue weighted by atomic mass is 19.1. The van der Waals surface area contributed by atoms with E-state index in [1.165, 1.54) is 12.1 Å². The van der Waals surface area contributed by atoms with Gasteiger partial charge in [-0.3, -0.25) is 24.0 Å². The van der Waals surface area contributed by atoms with Crippen LogP contribution in [-0.2, 0) is 19.2 Å². The first-order valence-electron chi connectivity index (χ1n) is 13.3. The second kappa shape index (κ2) is 15.5. The van der Waals surface area contributed by atoms with E-state index in [-0.39, 0.29) is 50.1 Å². The summed E-state index contributed by atoms with van der Waals surface area (Å²) in [5.74, 6) is -5.12. The highest BCUT2D eigenvalue weighted by Crippen LogP contribution is 2.19. The molecule has 0 spiro atoms. The van der Waals surface area contributed by atoms with Gasteiger partial charge in [0, 0.05) is 44.6 Å². The largest absolute Gasteiger partial charge is 0.369 e. The summed E-state index contributed by atoms with van der Waals surface area (Å²) in [6, 6.07) is 3.19. The summed E-state index contributed by atoms with van der Waals surface area (Å²) >= 11 is 0. The maximum atomic E-state index is 13.1. The number of Topliss-reactive ketones (excluding diaryl/α,β-unsaturated/α-hetero) is 3. The second-order valence-corrected chi connectivity index (χ2v) is 9.29. The Morgan fingerprint density at radius 3 is 2.27 bits per heavy atom. The number of ketones is 3. The molecule has 4 amide bonds. The highest BCUT2D eigenvalue weighted by Gasteiger charge is 2.29. The van der Waals surface area contributed by atoms with Crippen LogP contribution in [0.25, 0.3) is 0 Å². The van der Waals surface area contributed by atoms with Crippen LogP contribution in [0.15, 0.2) is 24.3 Å². The molecule has 1 rings (SSSR count). The third-order valence-corrected chi connectivity index (χ3v) is 5.95. The van der Waals surface area contributed by atoms with Crippen LogP contribution < -0.4 is 22.1 Å². The van der Waals surface area contributed by atoms with E-state index in [1.54, 1.807) is 19.6 Å². The number of urea groups is 1. The molecule has 0 saturated carbocycles. The predicted octanol–water partition coefficient (Wildman–Crippen LogP) is 2.03. The van der Waals surface area contributed by atoms with E-state index in [0.29, 0.717) is 6.42 Å². The van der Waals surface area contributed by atoms with Crippen LogP contribution in [0.5, 0.6) is 0 Å². The lowest BCUT2D eigenvalue weighted by Crippen LogP contribution is -2.45. The average Bonchev–Trinajstić information content (AvgIpc) is 2.90. The number of nitrogens with two attached hydrogens (primary N) is 2. The molecule has 10 nitrogen and oxygen atoms in total. The molecule has 1 aromatic carbocycles. The van der Waals surface area contributed by atoms with Gasteiger partial charge in [0.25, 0.3) is 0 Å². The van der Waals surface area contributed by atoms with E-state index in [9.17, 15) is 33.2 Å². The lowest BCUT2D eigenvalue weighted by molar-refractivity contribution is -0.131. The van der Waals surface area contributed by atoms with Gasteiger partial charge in [-0.25, -0.2) is 9.18 Å². The van der Waals surface area contributed by atoms with Gasteiger partial charge in [-0.2, -0.15) is 0 Å². The Balaban J connectivity index is 2.79. The van der Waals surface area contributed by atoms with Gasteiger partial charge in [0.2, 0.25) is 11.8 Å². The summed E-state index contributed by atoms with van der Waals surface area (Å²) in [6.45, 7) is 3.06. The number of carbonyl (C=O) groups is 6. The first-order valence-corrected chi connectivity index (χ1v) is 12.1. The Morgan fingerprint density at radius 2 is 1.70 bits per heavy atom. The Morgan fingerprint density at radius 1 is 1.03 bits per heavy atom. The summed E-state index contributed by atoms with van der Waals surface area (Å²) in [7, 11) is 0. The Labute approximate surface area is 219 Å². The van der Waals surface area contributed by atoms with Gasteiger partial charge < -0.3 is 22.1 Å². The van der Waals surface area contributed by atoms with Crippen molar-refractivity contribution in [2.75, 3.05) is 6.54 Å². The molecule has 0 saturated heterocycles. The predicted molar refractivity (Wildman–Crippen MR) is 135 cm³/mol. The van der Waals surface area contributed by atoms with Crippen molar-refractivity contribution < 1.29 is 35.9 Å². The van der Waals surface area contributed by atoms with Crippen molar-refractivity contribution in [3.63, 3.8) is 0 Å². The molecule has 3 atom stereocenters. The monoisotopic (exact) mass is 522 g/mol. The molecule has 204 valence electrons. The number of benzene rings is 1. The zero-order chi connectivity index (χ0) is 29.5. The number of nitrogens with one attached hydrogen (secondary N) is 2. The van der Waals surface area contributed by atoms with Crippen molar-refractivity contribution >= 4 is 35.2 Å². The average molecular weight is 523 g/mol. The minimum atomic E-state index is -0.937. The molecular formula is C26H37FN4O6. The Kier molecular flexibility index (Phi) is 11.7. The van der Waals surface area contributed by atoms with Gasteiger partial charge in [-0.15, -0.1) is 0 Å². The fraction of sp³-hybridized carbons (Fsp3) is 0.538. The maximum Gasteiger partial charge on any atom is 0.312 e. The van der Waals surface area contributed by atoms with Crippen LogP contribution in [-0.4, -0.2) is 47.8 Å². The van der Waals surface area contributed by atoms with Crippen LogP contribution in [0.1, 0.15) is 71.0 Å². The van der Waals surface area contributed by atoms with Gasteiger partial charge in [0.1, 0.15) is 11.6 Å². The number of halogens is 1.